The molecule has 0 radical (unpaired) electrons. The van der Waals surface area contributed by atoms with Gasteiger partial charge in [-0.1, -0.05) is 11.6 Å². The van der Waals surface area contributed by atoms with E-state index in [9.17, 15) is 9.18 Å². The quantitative estimate of drug-likeness (QED) is 0.579. The molecule has 1 rings (SSSR count). The summed E-state index contributed by atoms with van der Waals surface area (Å²) in [7, 11) is 0. The van der Waals surface area contributed by atoms with Crippen molar-refractivity contribution in [3.8, 4) is 5.75 Å². The molecule has 3 N–H and O–H groups in total. The van der Waals surface area contributed by atoms with Crippen molar-refractivity contribution >= 4 is 34.8 Å². The second-order valence-corrected chi connectivity index (χ2v) is 4.21. The molecule has 0 bridgehead atoms. The zero-order valence-electron chi connectivity index (χ0n) is 10.1. The maximum Gasteiger partial charge on any atom is 0.276 e. The molecule has 0 aliphatic heterocycles. The molecule has 0 spiro atoms. The van der Waals surface area contributed by atoms with Crippen molar-refractivity contribution in [1.82, 2.24) is 16.2 Å². The minimum atomic E-state index is -0.473. The molecule has 104 valence electrons. The van der Waals surface area contributed by atoms with Crippen LogP contribution in [0.1, 0.15) is 6.92 Å². The van der Waals surface area contributed by atoms with Gasteiger partial charge >= 0.3 is 0 Å². The summed E-state index contributed by atoms with van der Waals surface area (Å²) < 4.78 is 17.9. The zero-order valence-corrected chi connectivity index (χ0v) is 11.7. The third-order valence-electron chi connectivity index (χ3n) is 1.91. The van der Waals surface area contributed by atoms with Crippen LogP contribution in [0.2, 0.25) is 5.02 Å². The van der Waals surface area contributed by atoms with E-state index in [0.29, 0.717) is 11.7 Å². The summed E-state index contributed by atoms with van der Waals surface area (Å²) in [5, 5.41) is 3.19. The number of nitrogens with one attached hydrogen (secondary N) is 3. The first kappa shape index (κ1) is 15.5. The normalized spacial score (nSPS) is 9.63. The fraction of sp³-hybridized carbons (Fsp3) is 0.273. The second kappa shape index (κ2) is 7.75. The number of hydrogen-bond acceptors (Lipinski definition) is 3. The van der Waals surface area contributed by atoms with Crippen LogP contribution in [0.3, 0.4) is 0 Å². The summed E-state index contributed by atoms with van der Waals surface area (Å²) in [5.41, 5.74) is 4.82. The number of ether oxygens (including phenoxy) is 1. The van der Waals surface area contributed by atoms with Gasteiger partial charge in [-0.15, -0.1) is 0 Å². The minimum Gasteiger partial charge on any atom is -0.482 e. The van der Waals surface area contributed by atoms with Crippen LogP contribution >= 0.6 is 23.8 Å². The molecule has 0 fully saturated rings. The molecule has 0 saturated carbocycles. The first-order chi connectivity index (χ1) is 9.02. The van der Waals surface area contributed by atoms with E-state index in [1.807, 2.05) is 6.92 Å². The number of hydrogen-bond donors (Lipinski definition) is 3. The number of benzene rings is 1. The summed E-state index contributed by atoms with van der Waals surface area (Å²) in [4.78, 5) is 11.4. The average Bonchev–Trinajstić information content (AvgIpc) is 2.35. The fourth-order valence-electron chi connectivity index (χ4n) is 1.10. The maximum atomic E-state index is 12.8. The highest BCUT2D eigenvalue weighted by Gasteiger charge is 2.06. The van der Waals surface area contributed by atoms with Gasteiger partial charge in [0.1, 0.15) is 11.6 Å². The molecule has 0 heterocycles. The van der Waals surface area contributed by atoms with Gasteiger partial charge in [-0.05, 0) is 37.3 Å². The van der Waals surface area contributed by atoms with Gasteiger partial charge in [0.05, 0.1) is 5.02 Å². The fourth-order valence-corrected chi connectivity index (χ4v) is 1.52. The molecule has 1 aromatic rings. The lowest BCUT2D eigenvalue weighted by Crippen LogP contribution is -2.48. The van der Waals surface area contributed by atoms with Gasteiger partial charge in [0.2, 0.25) is 0 Å². The molecule has 1 amide bonds. The van der Waals surface area contributed by atoms with Crippen LogP contribution < -0.4 is 20.9 Å². The first-order valence-corrected chi connectivity index (χ1v) is 6.22. The van der Waals surface area contributed by atoms with Crippen LogP contribution in [0, 0.1) is 5.82 Å². The number of halogens is 2. The van der Waals surface area contributed by atoms with E-state index in [4.69, 9.17) is 28.6 Å². The smallest absolute Gasteiger partial charge is 0.276 e. The highest BCUT2D eigenvalue weighted by molar-refractivity contribution is 7.80. The molecule has 0 saturated heterocycles. The van der Waals surface area contributed by atoms with Crippen LogP contribution in [0.4, 0.5) is 4.39 Å². The molecule has 1 aromatic carbocycles. The lowest BCUT2D eigenvalue weighted by molar-refractivity contribution is -0.123. The summed E-state index contributed by atoms with van der Waals surface area (Å²) in [6.07, 6.45) is 0. The van der Waals surface area contributed by atoms with Crippen LogP contribution in [-0.2, 0) is 4.79 Å². The van der Waals surface area contributed by atoms with Gasteiger partial charge in [0.15, 0.2) is 11.7 Å². The van der Waals surface area contributed by atoms with Crippen LogP contribution in [-0.4, -0.2) is 24.2 Å². The second-order valence-electron chi connectivity index (χ2n) is 3.40. The Balaban J connectivity index is 2.36. The van der Waals surface area contributed by atoms with Crippen molar-refractivity contribution in [1.29, 1.82) is 0 Å². The molecular formula is C11H13ClFN3O2S. The largest absolute Gasteiger partial charge is 0.482 e. The van der Waals surface area contributed by atoms with Crippen molar-refractivity contribution in [3.63, 3.8) is 0 Å². The summed E-state index contributed by atoms with van der Waals surface area (Å²) >= 11 is 10.6. The lowest BCUT2D eigenvalue weighted by Gasteiger charge is -2.11. The van der Waals surface area contributed by atoms with E-state index in [1.165, 1.54) is 12.1 Å². The minimum absolute atomic E-state index is 0.101. The Morgan fingerprint density at radius 3 is 2.84 bits per heavy atom. The number of hydrazine groups is 1. The highest BCUT2D eigenvalue weighted by atomic mass is 35.5. The number of carbonyl (C=O) groups excluding carboxylic acids is 1. The monoisotopic (exact) mass is 305 g/mol. The van der Waals surface area contributed by atoms with Crippen molar-refractivity contribution < 1.29 is 13.9 Å². The molecular weight excluding hydrogens is 293 g/mol. The average molecular weight is 306 g/mol. The molecule has 0 aromatic heterocycles. The summed E-state index contributed by atoms with van der Waals surface area (Å²) in [5.74, 6) is -0.687. The Labute approximate surface area is 120 Å². The topological polar surface area (TPSA) is 62.4 Å². The van der Waals surface area contributed by atoms with Crippen molar-refractivity contribution in [2.24, 2.45) is 0 Å². The Kier molecular flexibility index (Phi) is 6.31. The first-order valence-electron chi connectivity index (χ1n) is 5.43. The molecule has 19 heavy (non-hydrogen) atoms. The van der Waals surface area contributed by atoms with Gasteiger partial charge in [0.25, 0.3) is 5.91 Å². The van der Waals surface area contributed by atoms with E-state index in [-0.39, 0.29) is 17.4 Å². The lowest BCUT2D eigenvalue weighted by atomic mass is 10.3. The Morgan fingerprint density at radius 2 is 2.21 bits per heavy atom. The van der Waals surface area contributed by atoms with Crippen LogP contribution in [0.5, 0.6) is 5.75 Å². The molecule has 0 aliphatic carbocycles. The Bertz CT molecular complexity index is 473. The SMILES string of the molecule is CCNC(=S)NNC(=O)COc1ccc(F)cc1Cl. The third kappa shape index (κ3) is 5.71. The van der Waals surface area contributed by atoms with Crippen LogP contribution in [0.25, 0.3) is 0 Å². The molecule has 0 unspecified atom stereocenters. The van der Waals surface area contributed by atoms with Gasteiger partial charge in [-0.25, -0.2) is 4.39 Å². The van der Waals surface area contributed by atoms with Crippen LogP contribution in [0.15, 0.2) is 18.2 Å². The Morgan fingerprint density at radius 1 is 1.47 bits per heavy atom. The van der Waals surface area contributed by atoms with E-state index in [0.717, 1.165) is 6.07 Å². The van der Waals surface area contributed by atoms with Gasteiger partial charge < -0.3 is 10.1 Å². The summed E-state index contributed by atoms with van der Waals surface area (Å²) in [6.45, 7) is 2.24. The number of amides is 1. The highest BCUT2D eigenvalue weighted by Crippen LogP contribution is 2.24. The van der Waals surface area contributed by atoms with E-state index >= 15 is 0 Å². The maximum absolute atomic E-state index is 12.8. The molecule has 0 atom stereocenters. The predicted molar refractivity (Wildman–Crippen MR) is 74.5 cm³/mol. The predicted octanol–water partition coefficient (Wildman–Crippen LogP) is 1.37. The zero-order chi connectivity index (χ0) is 14.3. The Hall–Kier alpha value is -1.60. The van der Waals surface area contributed by atoms with Gasteiger partial charge in [-0.2, -0.15) is 0 Å². The number of rotatable bonds is 4. The molecule has 8 heteroatoms. The van der Waals surface area contributed by atoms with Gasteiger partial charge in [0, 0.05) is 6.54 Å². The van der Waals surface area contributed by atoms with Gasteiger partial charge in [-0.3, -0.25) is 15.6 Å². The molecule has 0 aliphatic rings. The van der Waals surface area contributed by atoms with E-state index in [2.05, 4.69) is 16.2 Å². The summed E-state index contributed by atoms with van der Waals surface area (Å²) in [6, 6.07) is 3.65. The number of carbonyl (C=O) groups is 1. The molecule has 5 nitrogen and oxygen atoms in total. The number of thiocarbonyl (C=S) groups is 1. The third-order valence-corrected chi connectivity index (χ3v) is 2.45. The van der Waals surface area contributed by atoms with Crippen molar-refractivity contribution in [3.05, 3.63) is 29.0 Å². The standard InChI is InChI=1S/C11H13ClFN3O2S/c1-2-14-11(19)16-15-10(17)6-18-9-4-3-7(13)5-8(9)12/h3-5H,2,6H2,1H3,(H,15,17)(H2,14,16,19). The van der Waals surface area contributed by atoms with E-state index in [1.54, 1.807) is 0 Å². The van der Waals surface area contributed by atoms with E-state index < -0.39 is 11.7 Å². The van der Waals surface area contributed by atoms with Crippen molar-refractivity contribution in [2.75, 3.05) is 13.2 Å². The van der Waals surface area contributed by atoms with Crippen molar-refractivity contribution in [2.45, 2.75) is 6.92 Å².